The van der Waals surface area contributed by atoms with Gasteiger partial charge in [0, 0.05) is 45.8 Å². The third-order valence-electron chi connectivity index (χ3n) is 5.28. The van der Waals surface area contributed by atoms with Gasteiger partial charge in [0.15, 0.2) is 0 Å². The van der Waals surface area contributed by atoms with Crippen LogP contribution < -0.4 is 16.6 Å². The number of rotatable bonds is 11. The number of benzene rings is 1. The molecule has 32 heavy (non-hydrogen) atoms. The van der Waals surface area contributed by atoms with Crippen molar-refractivity contribution in [1.82, 2.24) is 14.0 Å². The molecule has 2 rings (SSSR count). The molecule has 0 saturated carbocycles. The molecular formula is C20H27F2N5O5. The smallest absolute Gasteiger partial charge is 0.340 e. The molecule has 12 heteroatoms. The lowest BCUT2D eigenvalue weighted by molar-refractivity contribution is -0.390. The second kappa shape index (κ2) is 11.0. The molecule has 10 nitrogen and oxygen atoms in total. The van der Waals surface area contributed by atoms with E-state index in [-0.39, 0.29) is 18.7 Å². The highest BCUT2D eigenvalue weighted by atomic mass is 19.1. The molecule has 0 aliphatic heterocycles. The summed E-state index contributed by atoms with van der Waals surface area (Å²) >= 11 is 0. The molecule has 1 unspecified atom stereocenters. The Morgan fingerprint density at radius 3 is 2.31 bits per heavy atom. The maximum Gasteiger partial charge on any atom is 0.340 e. The Bertz CT molecular complexity index is 1060. The van der Waals surface area contributed by atoms with Gasteiger partial charge in [-0.15, -0.1) is 0 Å². The van der Waals surface area contributed by atoms with E-state index in [1.807, 2.05) is 4.90 Å². The van der Waals surface area contributed by atoms with Gasteiger partial charge in [-0.3, -0.25) is 28.9 Å². The van der Waals surface area contributed by atoms with E-state index >= 15 is 0 Å². The summed E-state index contributed by atoms with van der Waals surface area (Å²) in [7, 11) is 2.92. The minimum absolute atomic E-state index is 0.189. The van der Waals surface area contributed by atoms with Crippen LogP contribution in [0.5, 0.6) is 0 Å². The second-order valence-electron chi connectivity index (χ2n) is 7.32. The minimum Gasteiger partial charge on any atom is -0.395 e. The summed E-state index contributed by atoms with van der Waals surface area (Å²) in [5.74, 6) is -2.14. The predicted octanol–water partition coefficient (Wildman–Crippen LogP) is 1.52. The van der Waals surface area contributed by atoms with Gasteiger partial charge in [0.25, 0.3) is 5.56 Å². The third kappa shape index (κ3) is 5.56. The fourth-order valence-electron chi connectivity index (χ4n) is 3.61. The molecule has 0 aliphatic rings. The first kappa shape index (κ1) is 25.1. The lowest BCUT2D eigenvalue weighted by Crippen LogP contribution is -2.37. The summed E-state index contributed by atoms with van der Waals surface area (Å²) in [6, 6.07) is 2.74. The van der Waals surface area contributed by atoms with Crippen molar-refractivity contribution >= 4 is 11.5 Å². The first-order valence-corrected chi connectivity index (χ1v) is 10.1. The molecule has 2 N–H and O–H groups in total. The number of nitrogens with zero attached hydrogens (tertiary/aromatic N) is 4. The average molecular weight is 455 g/mol. The number of nitrogens with one attached hydrogen (secondary N) is 1. The number of aliphatic hydroxyl groups is 1. The molecule has 1 aromatic carbocycles. The lowest BCUT2D eigenvalue weighted by atomic mass is 10.0. The van der Waals surface area contributed by atoms with Crippen molar-refractivity contribution in [3.05, 3.63) is 66.3 Å². The molecular weight excluding hydrogens is 428 g/mol. The van der Waals surface area contributed by atoms with Gasteiger partial charge in [-0.2, -0.15) is 8.78 Å². The van der Waals surface area contributed by atoms with Gasteiger partial charge in [0.2, 0.25) is 11.6 Å². The van der Waals surface area contributed by atoms with Crippen molar-refractivity contribution < 1.29 is 18.8 Å². The van der Waals surface area contributed by atoms with Gasteiger partial charge in [-0.05, 0) is 30.5 Å². The number of nitro benzene ring substituents is 1. The highest BCUT2D eigenvalue weighted by Crippen LogP contribution is 2.30. The Balaban J connectivity index is 2.13. The molecule has 0 radical (unpaired) electrons. The Hall–Kier alpha value is -3.12. The van der Waals surface area contributed by atoms with Crippen molar-refractivity contribution in [3.63, 3.8) is 0 Å². The Labute approximate surface area is 182 Å². The van der Waals surface area contributed by atoms with Crippen molar-refractivity contribution in [2.24, 2.45) is 14.1 Å². The summed E-state index contributed by atoms with van der Waals surface area (Å²) in [5, 5.41) is 23.3. The van der Waals surface area contributed by atoms with E-state index in [2.05, 4.69) is 5.32 Å². The zero-order valence-electron chi connectivity index (χ0n) is 18.2. The van der Waals surface area contributed by atoms with Gasteiger partial charge in [0.05, 0.1) is 11.5 Å². The van der Waals surface area contributed by atoms with E-state index in [0.29, 0.717) is 31.7 Å². The van der Waals surface area contributed by atoms with Crippen molar-refractivity contribution in [2.45, 2.75) is 25.8 Å². The van der Waals surface area contributed by atoms with Gasteiger partial charge in [-0.25, -0.2) is 4.79 Å². The summed E-state index contributed by atoms with van der Waals surface area (Å²) in [4.78, 5) is 35.4. The molecule has 0 amide bonds. The Kier molecular flexibility index (Phi) is 8.61. The standard InChI is InChI=1S/C20H27F2N5O5/c1-4-16(13-10-14(21)19(27(31)32)15(22)11-13)26(8-9-28)7-5-6-23-17-12-18(29)25(3)20(30)24(17)2/h10-12,16,23,28H,4-9H2,1-3H3. The highest BCUT2D eigenvalue weighted by Gasteiger charge is 2.26. The van der Waals surface area contributed by atoms with E-state index in [1.54, 1.807) is 6.92 Å². The number of aliphatic hydroxyl groups excluding tert-OH is 1. The van der Waals surface area contributed by atoms with Gasteiger partial charge in [-0.1, -0.05) is 6.92 Å². The molecule has 0 bridgehead atoms. The van der Waals surface area contributed by atoms with Crippen LogP contribution in [0.4, 0.5) is 20.3 Å². The van der Waals surface area contributed by atoms with E-state index in [0.717, 1.165) is 16.7 Å². The third-order valence-corrected chi connectivity index (χ3v) is 5.28. The fraction of sp³-hybridized carbons (Fsp3) is 0.500. The maximum atomic E-state index is 14.1. The molecule has 1 atom stereocenters. The predicted molar refractivity (Wildman–Crippen MR) is 115 cm³/mol. The topological polar surface area (TPSA) is 123 Å². The van der Waals surface area contributed by atoms with Crippen LogP contribution in [-0.4, -0.2) is 50.3 Å². The summed E-state index contributed by atoms with van der Waals surface area (Å²) in [6.07, 6.45) is 0.977. The zero-order chi connectivity index (χ0) is 24.0. The number of anilines is 1. The monoisotopic (exact) mass is 455 g/mol. The molecule has 1 aromatic heterocycles. The SMILES string of the molecule is CCC(c1cc(F)c([N+](=O)[O-])c(F)c1)N(CCO)CCCNc1cc(=O)n(C)c(=O)n1C. The normalized spacial score (nSPS) is 12.2. The number of halogens is 2. The van der Waals surface area contributed by atoms with Gasteiger partial charge >= 0.3 is 11.4 Å². The zero-order valence-corrected chi connectivity index (χ0v) is 18.2. The van der Waals surface area contributed by atoms with Crippen LogP contribution in [0.2, 0.25) is 0 Å². The molecule has 0 saturated heterocycles. The van der Waals surface area contributed by atoms with Crippen LogP contribution >= 0.6 is 0 Å². The first-order chi connectivity index (χ1) is 15.1. The molecule has 176 valence electrons. The van der Waals surface area contributed by atoms with E-state index in [9.17, 15) is 33.6 Å². The number of nitro groups is 1. The average Bonchev–Trinajstić information content (AvgIpc) is 2.72. The van der Waals surface area contributed by atoms with Crippen LogP contribution in [0.3, 0.4) is 0 Å². The van der Waals surface area contributed by atoms with Crippen LogP contribution in [0.15, 0.2) is 27.8 Å². The lowest BCUT2D eigenvalue weighted by Gasteiger charge is -2.31. The van der Waals surface area contributed by atoms with Gasteiger partial charge in [0.1, 0.15) is 5.82 Å². The molecule has 0 spiro atoms. The molecule has 0 aliphatic carbocycles. The van der Waals surface area contributed by atoms with Crippen molar-refractivity contribution in [3.8, 4) is 0 Å². The molecule has 1 heterocycles. The largest absolute Gasteiger partial charge is 0.395 e. The van der Waals surface area contributed by atoms with Crippen LogP contribution in [-0.2, 0) is 14.1 Å². The Morgan fingerprint density at radius 2 is 1.78 bits per heavy atom. The molecule has 0 fully saturated rings. The summed E-state index contributed by atoms with van der Waals surface area (Å²) in [6.45, 7) is 2.65. The number of aromatic nitrogens is 2. The fourth-order valence-corrected chi connectivity index (χ4v) is 3.61. The number of hydrogen-bond donors (Lipinski definition) is 2. The Morgan fingerprint density at radius 1 is 1.16 bits per heavy atom. The summed E-state index contributed by atoms with van der Waals surface area (Å²) < 4.78 is 30.5. The van der Waals surface area contributed by atoms with Crippen LogP contribution in [0.25, 0.3) is 0 Å². The van der Waals surface area contributed by atoms with Crippen LogP contribution in [0, 0.1) is 21.7 Å². The second-order valence-corrected chi connectivity index (χ2v) is 7.32. The van der Waals surface area contributed by atoms with E-state index < -0.39 is 39.5 Å². The minimum atomic E-state index is -1.25. The van der Waals surface area contributed by atoms with E-state index in [4.69, 9.17) is 0 Å². The quantitative estimate of drug-likeness (QED) is 0.299. The highest BCUT2D eigenvalue weighted by molar-refractivity contribution is 5.38. The maximum absolute atomic E-state index is 14.1. The van der Waals surface area contributed by atoms with Crippen LogP contribution in [0.1, 0.15) is 31.4 Å². The first-order valence-electron chi connectivity index (χ1n) is 10.1. The van der Waals surface area contributed by atoms with E-state index in [1.165, 1.54) is 24.7 Å². The van der Waals surface area contributed by atoms with Crippen molar-refractivity contribution in [1.29, 1.82) is 0 Å². The molecule has 2 aromatic rings. The summed E-state index contributed by atoms with van der Waals surface area (Å²) in [5.41, 5.74) is -1.86. The number of hydrogen-bond acceptors (Lipinski definition) is 7. The van der Waals surface area contributed by atoms with Crippen molar-refractivity contribution in [2.75, 3.05) is 31.6 Å². The van der Waals surface area contributed by atoms with Gasteiger partial charge < -0.3 is 10.4 Å².